The summed E-state index contributed by atoms with van der Waals surface area (Å²) < 4.78 is 31.0. The Morgan fingerprint density at radius 1 is 1.03 bits per heavy atom. The van der Waals surface area contributed by atoms with Gasteiger partial charge in [-0.1, -0.05) is 18.2 Å². The average molecular weight is 518 g/mol. The van der Waals surface area contributed by atoms with Crippen LogP contribution in [-0.2, 0) is 21.1 Å². The number of likely N-dealkylation sites (N-methyl/N-ethyl adjacent to an activating group) is 1. The zero-order chi connectivity index (χ0) is 25.7. The molecule has 0 radical (unpaired) electrons. The summed E-state index contributed by atoms with van der Waals surface area (Å²) in [6, 6.07) is 17.1. The van der Waals surface area contributed by atoms with Gasteiger partial charge in [0.25, 0.3) is 6.01 Å². The van der Waals surface area contributed by atoms with Crippen molar-refractivity contribution in [2.75, 3.05) is 55.0 Å². The van der Waals surface area contributed by atoms with E-state index in [1.54, 1.807) is 12.1 Å². The van der Waals surface area contributed by atoms with Crippen molar-refractivity contribution in [3.8, 4) is 11.1 Å². The van der Waals surface area contributed by atoms with Crippen molar-refractivity contribution in [1.82, 2.24) is 9.88 Å². The summed E-state index contributed by atoms with van der Waals surface area (Å²) in [6.07, 6.45) is 1.57. The maximum atomic E-state index is 12.4. The zero-order valence-electron chi connectivity index (χ0n) is 20.6. The van der Waals surface area contributed by atoms with Gasteiger partial charge in [-0.25, -0.2) is 8.42 Å². The minimum atomic E-state index is -3.42. The molecule has 0 bridgehead atoms. The number of carbonyl (C=O) groups excluding carboxylic acids is 1. The van der Waals surface area contributed by atoms with Gasteiger partial charge in [-0.15, -0.1) is 0 Å². The van der Waals surface area contributed by atoms with Crippen LogP contribution in [0.25, 0.3) is 22.2 Å². The molecule has 2 aliphatic heterocycles. The normalized spacial score (nSPS) is 16.2. The second kappa shape index (κ2) is 8.89. The number of aromatic nitrogens is 1. The lowest BCUT2D eigenvalue weighted by Crippen LogP contribution is -2.44. The molecule has 4 aromatic rings. The number of oxazole rings is 1. The number of anilines is 4. The second-order valence-electron chi connectivity index (χ2n) is 9.67. The fraction of sp³-hybridized carbons (Fsp3) is 0.259. The van der Waals surface area contributed by atoms with Crippen LogP contribution in [0.1, 0.15) is 5.56 Å². The van der Waals surface area contributed by atoms with Crippen LogP contribution in [0.2, 0.25) is 0 Å². The van der Waals surface area contributed by atoms with Gasteiger partial charge in [0.1, 0.15) is 5.52 Å². The molecule has 3 aromatic carbocycles. The molecular weight excluding hydrogens is 490 g/mol. The minimum Gasteiger partial charge on any atom is -0.423 e. The Balaban J connectivity index is 1.35. The van der Waals surface area contributed by atoms with Gasteiger partial charge >= 0.3 is 0 Å². The van der Waals surface area contributed by atoms with Gasteiger partial charge in [0, 0.05) is 55.1 Å². The van der Waals surface area contributed by atoms with E-state index in [0.717, 1.165) is 54.2 Å². The van der Waals surface area contributed by atoms with Gasteiger partial charge in [0.15, 0.2) is 15.4 Å². The van der Waals surface area contributed by atoms with E-state index in [9.17, 15) is 13.2 Å². The van der Waals surface area contributed by atoms with Gasteiger partial charge in [0.2, 0.25) is 5.91 Å². The molecule has 0 atom stereocenters. The summed E-state index contributed by atoms with van der Waals surface area (Å²) in [4.78, 5) is 21.1. The number of nitrogens with one attached hydrogen (secondary N) is 2. The van der Waals surface area contributed by atoms with Crippen molar-refractivity contribution in [2.45, 2.75) is 11.3 Å². The molecule has 10 heteroatoms. The van der Waals surface area contributed by atoms with E-state index in [-0.39, 0.29) is 16.8 Å². The molecule has 190 valence electrons. The molecule has 1 amide bonds. The number of sulfone groups is 1. The Morgan fingerprint density at radius 2 is 1.84 bits per heavy atom. The van der Waals surface area contributed by atoms with Crippen LogP contribution in [0, 0.1) is 0 Å². The quantitative estimate of drug-likeness (QED) is 0.411. The monoisotopic (exact) mass is 517 g/mol. The summed E-state index contributed by atoms with van der Waals surface area (Å²) in [5.74, 6) is -0.0104. The van der Waals surface area contributed by atoms with Gasteiger partial charge in [-0.3, -0.25) is 4.79 Å². The summed E-state index contributed by atoms with van der Waals surface area (Å²) in [7, 11) is -1.34. The van der Waals surface area contributed by atoms with Crippen molar-refractivity contribution in [3.05, 3.63) is 60.2 Å². The highest BCUT2D eigenvalue weighted by Crippen LogP contribution is 2.35. The number of rotatable bonds is 5. The van der Waals surface area contributed by atoms with E-state index >= 15 is 0 Å². The number of piperazine rings is 1. The molecule has 0 spiro atoms. The van der Waals surface area contributed by atoms with Gasteiger partial charge < -0.3 is 24.9 Å². The molecule has 3 heterocycles. The Labute approximate surface area is 215 Å². The van der Waals surface area contributed by atoms with E-state index < -0.39 is 9.84 Å². The molecule has 1 saturated heterocycles. The maximum Gasteiger partial charge on any atom is 0.300 e. The lowest BCUT2D eigenvalue weighted by atomic mass is 10.0. The number of para-hydroxylation sites is 1. The molecule has 0 unspecified atom stereocenters. The van der Waals surface area contributed by atoms with Crippen LogP contribution >= 0.6 is 0 Å². The number of nitrogens with zero attached hydrogens (tertiary/aromatic N) is 3. The fourth-order valence-electron chi connectivity index (χ4n) is 4.87. The number of hydrogen-bond donors (Lipinski definition) is 2. The molecule has 0 aliphatic carbocycles. The highest BCUT2D eigenvalue weighted by Gasteiger charge is 2.21. The van der Waals surface area contributed by atoms with Crippen LogP contribution in [0.4, 0.5) is 23.1 Å². The van der Waals surface area contributed by atoms with E-state index in [4.69, 9.17) is 4.42 Å². The van der Waals surface area contributed by atoms with Crippen molar-refractivity contribution in [1.29, 1.82) is 0 Å². The lowest BCUT2D eigenvalue weighted by molar-refractivity contribution is -0.115. The van der Waals surface area contributed by atoms with Crippen LogP contribution in [0.15, 0.2) is 63.9 Å². The van der Waals surface area contributed by atoms with E-state index in [0.29, 0.717) is 23.2 Å². The van der Waals surface area contributed by atoms with E-state index in [1.807, 2.05) is 42.5 Å². The molecule has 1 fully saturated rings. The Kier molecular flexibility index (Phi) is 5.65. The van der Waals surface area contributed by atoms with Crippen LogP contribution in [0.5, 0.6) is 0 Å². The van der Waals surface area contributed by atoms with Crippen molar-refractivity contribution in [2.24, 2.45) is 0 Å². The Hall–Kier alpha value is -3.89. The Morgan fingerprint density at radius 3 is 2.62 bits per heavy atom. The topological polar surface area (TPSA) is 108 Å². The lowest BCUT2D eigenvalue weighted by Gasteiger charge is -2.34. The van der Waals surface area contributed by atoms with Gasteiger partial charge in [-0.2, -0.15) is 4.98 Å². The number of hydrogen-bond acceptors (Lipinski definition) is 8. The summed E-state index contributed by atoms with van der Waals surface area (Å²) in [5.41, 5.74) is 6.30. The largest absolute Gasteiger partial charge is 0.423 e. The van der Waals surface area contributed by atoms with Crippen molar-refractivity contribution in [3.63, 3.8) is 0 Å². The highest BCUT2D eigenvalue weighted by atomic mass is 32.2. The first-order valence-electron chi connectivity index (χ1n) is 12.1. The predicted molar refractivity (Wildman–Crippen MR) is 144 cm³/mol. The SMILES string of the molecule is CN1CCN(c2cc(Nc3nc4cccc(-c5ccc6c(c5)CC(=O)N6)c4o3)cc(S(C)(=O)=O)c2)CC1. The molecule has 2 N–H and O–H groups in total. The standard InChI is InChI=1S/C27H27N5O4S/c1-31-8-10-32(11-9-31)20-14-19(15-21(16-20)37(2,34)35)28-27-30-24-5-3-4-22(26(24)36-27)17-6-7-23-18(12-17)13-25(33)29-23/h3-7,12,14-16H,8-11,13H2,1-2H3,(H,28,30)(H,29,33). The van der Waals surface area contributed by atoms with Gasteiger partial charge in [-0.05, 0) is 54.6 Å². The highest BCUT2D eigenvalue weighted by molar-refractivity contribution is 7.90. The number of fused-ring (bicyclic) bond motifs is 2. The molecular formula is C27H27N5O4S. The summed E-state index contributed by atoms with van der Waals surface area (Å²) in [6.45, 7) is 3.45. The smallest absolute Gasteiger partial charge is 0.300 e. The fourth-order valence-corrected chi connectivity index (χ4v) is 5.54. The summed E-state index contributed by atoms with van der Waals surface area (Å²) in [5, 5.41) is 6.04. The molecule has 6 rings (SSSR count). The first-order chi connectivity index (χ1) is 17.7. The molecule has 2 aliphatic rings. The third-order valence-corrected chi connectivity index (χ3v) is 7.99. The van der Waals surface area contributed by atoms with Crippen LogP contribution in [0.3, 0.4) is 0 Å². The first kappa shape index (κ1) is 23.5. The zero-order valence-corrected chi connectivity index (χ0v) is 21.4. The maximum absolute atomic E-state index is 12.4. The number of benzene rings is 3. The number of amides is 1. The third kappa shape index (κ3) is 4.65. The molecule has 9 nitrogen and oxygen atoms in total. The molecule has 37 heavy (non-hydrogen) atoms. The minimum absolute atomic E-state index is 0.0104. The average Bonchev–Trinajstić information content (AvgIpc) is 3.44. The Bertz CT molecular complexity index is 1640. The van der Waals surface area contributed by atoms with Crippen molar-refractivity contribution >= 4 is 49.9 Å². The van der Waals surface area contributed by atoms with E-state index in [2.05, 4.69) is 32.5 Å². The van der Waals surface area contributed by atoms with E-state index in [1.165, 1.54) is 6.26 Å². The van der Waals surface area contributed by atoms with Gasteiger partial charge in [0.05, 0.1) is 11.3 Å². The van der Waals surface area contributed by atoms with Crippen molar-refractivity contribution < 1.29 is 17.6 Å². The predicted octanol–water partition coefficient (Wildman–Crippen LogP) is 3.89. The molecule has 0 saturated carbocycles. The van der Waals surface area contributed by atoms with Crippen LogP contribution in [-0.4, -0.2) is 63.7 Å². The number of carbonyl (C=O) groups is 1. The van der Waals surface area contributed by atoms with Crippen LogP contribution < -0.4 is 15.5 Å². The molecule has 1 aromatic heterocycles. The first-order valence-corrected chi connectivity index (χ1v) is 14.0. The third-order valence-electron chi connectivity index (χ3n) is 6.90. The second-order valence-corrected chi connectivity index (χ2v) is 11.7. The summed E-state index contributed by atoms with van der Waals surface area (Å²) >= 11 is 0.